The molecule has 4 heterocycles. The van der Waals surface area contributed by atoms with E-state index in [1.54, 1.807) is 12.1 Å². The molecule has 438 valence electrons. The van der Waals surface area contributed by atoms with Crippen molar-refractivity contribution in [3.8, 4) is 108 Å². The predicted molar refractivity (Wildman–Crippen MR) is 383 cm³/mol. The van der Waals surface area contributed by atoms with E-state index in [0.717, 1.165) is 144 Å². The highest BCUT2D eigenvalue weighted by Crippen LogP contribution is 2.49. The summed E-state index contributed by atoms with van der Waals surface area (Å²) in [5, 5.41) is 26.9. The lowest BCUT2D eigenvalue weighted by molar-refractivity contribution is 1.07. The molecule has 0 fully saturated rings. The normalized spacial score (nSPS) is 11.3. The number of benzene rings is 13. The van der Waals surface area contributed by atoms with Crippen molar-refractivity contribution in [1.82, 2.24) is 28.7 Å². The van der Waals surface area contributed by atoms with E-state index in [-0.39, 0.29) is 0 Å². The largest absolute Gasteiger partial charge is 0.309 e. The molecule has 17 rings (SSSR count). The first-order valence-electron chi connectivity index (χ1n) is 31.1. The summed E-state index contributed by atoms with van der Waals surface area (Å²) in [5.74, 6) is 1.53. The summed E-state index contributed by atoms with van der Waals surface area (Å²) in [5.41, 5.74) is 19.3. The van der Waals surface area contributed by atoms with Gasteiger partial charge in [0, 0.05) is 82.4 Å². The van der Waals surface area contributed by atoms with Gasteiger partial charge in [-0.3, -0.25) is 0 Å². The summed E-state index contributed by atoms with van der Waals surface area (Å²) >= 11 is 0. The van der Waals surface area contributed by atoms with Gasteiger partial charge in [-0.1, -0.05) is 182 Å². The third-order valence-corrected chi connectivity index (χ3v) is 18.1. The average molecular weight is 1210 g/mol. The van der Waals surface area contributed by atoms with Gasteiger partial charge in [-0.05, 0) is 131 Å². The number of hydrogen-bond acceptors (Lipinski definition) is 5. The maximum atomic E-state index is 10.3. The lowest BCUT2D eigenvalue weighted by Crippen LogP contribution is -2.07. The van der Waals surface area contributed by atoms with Gasteiger partial charge in [-0.25, -0.2) is 24.6 Å². The van der Waals surface area contributed by atoms with Crippen LogP contribution in [0.3, 0.4) is 0 Å². The second-order valence-electron chi connectivity index (χ2n) is 23.5. The van der Waals surface area contributed by atoms with Gasteiger partial charge in [-0.2, -0.15) is 10.5 Å². The van der Waals surface area contributed by atoms with Gasteiger partial charge >= 0.3 is 0 Å². The fourth-order valence-corrected chi connectivity index (χ4v) is 13.9. The lowest BCUT2D eigenvalue weighted by atomic mass is 9.90. The molecule has 0 saturated heterocycles. The quantitative estimate of drug-likeness (QED) is 0.127. The monoisotopic (exact) mass is 1210 g/mol. The molecule has 0 unspecified atom stereocenters. The Hall–Kier alpha value is -13.8. The van der Waals surface area contributed by atoms with Crippen LogP contribution in [0, 0.1) is 35.8 Å². The van der Waals surface area contributed by atoms with Crippen LogP contribution >= 0.6 is 0 Å². The molecular weight excluding hydrogens is 1160 g/mol. The minimum atomic E-state index is 0.361. The number of nitrogens with zero attached hydrogens (tertiary/aromatic N) is 10. The Morgan fingerprint density at radius 1 is 0.274 bits per heavy atom. The Kier molecular flexibility index (Phi) is 13.2. The zero-order valence-electron chi connectivity index (χ0n) is 50.7. The van der Waals surface area contributed by atoms with Crippen LogP contribution in [0.1, 0.15) is 11.1 Å². The van der Waals surface area contributed by atoms with Crippen LogP contribution in [0.4, 0.5) is 11.4 Å². The van der Waals surface area contributed by atoms with E-state index >= 15 is 0 Å². The van der Waals surface area contributed by atoms with Crippen molar-refractivity contribution in [3.05, 3.63) is 325 Å². The second-order valence-corrected chi connectivity index (χ2v) is 23.5. The van der Waals surface area contributed by atoms with Gasteiger partial charge in [0.25, 0.3) is 0 Å². The summed E-state index contributed by atoms with van der Waals surface area (Å²) in [6.45, 7) is 16.1. The van der Waals surface area contributed by atoms with Crippen molar-refractivity contribution in [1.29, 1.82) is 10.5 Å². The standard InChI is InChI=1S/C85H48N10/c1-88-62-43-53(51-86)41-59(45-62)57-37-39-80-70(47-57)71-48-58(60-42-54(52-87)44-63(46-60)89-2)38-40-81(71)95(80)82-72(68-29-13-19-35-78(68)93-74-31-15-9-25-64(74)65-26-10-16-32-75(65)93)49-61(85-91-83(55-21-5-3-6-22-55)90-84(92-85)56-23-7-4-8-24-56)50-73(82)69-30-14-20-36-79(69)94-76-33-17-11-27-66(76)67-28-12-18-34-77(67)94/h3-50H. The van der Waals surface area contributed by atoms with E-state index in [4.69, 9.17) is 28.1 Å². The molecule has 0 saturated carbocycles. The molecule has 0 radical (unpaired) electrons. The van der Waals surface area contributed by atoms with Gasteiger partial charge < -0.3 is 13.7 Å². The maximum Gasteiger partial charge on any atom is 0.189 e. The highest BCUT2D eigenvalue weighted by Gasteiger charge is 2.28. The van der Waals surface area contributed by atoms with E-state index in [2.05, 4.69) is 230 Å². The van der Waals surface area contributed by atoms with Crippen molar-refractivity contribution in [2.45, 2.75) is 0 Å². The maximum absolute atomic E-state index is 10.3. The number of hydrogen-bond donors (Lipinski definition) is 0. The first-order valence-corrected chi connectivity index (χ1v) is 31.1. The van der Waals surface area contributed by atoms with Crippen LogP contribution in [0.2, 0.25) is 0 Å². The molecule has 0 aliphatic carbocycles. The molecule has 0 amide bonds. The molecule has 10 nitrogen and oxygen atoms in total. The highest BCUT2D eigenvalue weighted by molar-refractivity contribution is 6.15. The fraction of sp³-hybridized carbons (Fsp3) is 0. The number of aromatic nitrogens is 6. The molecule has 17 aromatic rings. The molecule has 0 bridgehead atoms. The summed E-state index contributed by atoms with van der Waals surface area (Å²) in [6, 6.07) is 104. The van der Waals surface area contributed by atoms with Crippen LogP contribution in [0.25, 0.3) is 171 Å². The van der Waals surface area contributed by atoms with Crippen LogP contribution < -0.4 is 0 Å². The van der Waals surface area contributed by atoms with Gasteiger partial charge in [0.2, 0.25) is 0 Å². The molecule has 13 aromatic carbocycles. The molecule has 10 heteroatoms. The number of para-hydroxylation sites is 6. The van der Waals surface area contributed by atoms with Crippen LogP contribution in [0.15, 0.2) is 291 Å². The fourth-order valence-electron chi connectivity index (χ4n) is 13.9. The Labute approximate surface area is 545 Å². The predicted octanol–water partition coefficient (Wildman–Crippen LogP) is 21.7. The third-order valence-electron chi connectivity index (χ3n) is 18.1. The Balaban J connectivity index is 1.07. The second kappa shape index (κ2) is 22.6. The molecule has 0 aliphatic heterocycles. The molecule has 0 N–H and O–H groups in total. The molecule has 0 aliphatic rings. The molecule has 95 heavy (non-hydrogen) atoms. The number of nitriles is 2. The Morgan fingerprint density at radius 2 is 0.621 bits per heavy atom. The minimum Gasteiger partial charge on any atom is -0.309 e. The first-order chi connectivity index (χ1) is 46.9. The highest BCUT2D eigenvalue weighted by atomic mass is 15.0. The van der Waals surface area contributed by atoms with E-state index in [9.17, 15) is 10.5 Å². The smallest absolute Gasteiger partial charge is 0.189 e. The molecule has 4 aromatic heterocycles. The lowest BCUT2D eigenvalue weighted by Gasteiger charge is -2.24. The summed E-state index contributed by atoms with van der Waals surface area (Å²) < 4.78 is 7.16. The van der Waals surface area contributed by atoms with E-state index in [0.29, 0.717) is 40.0 Å². The van der Waals surface area contributed by atoms with Crippen LogP contribution in [0.5, 0.6) is 0 Å². The number of fused-ring (bicyclic) bond motifs is 9. The van der Waals surface area contributed by atoms with Gasteiger partial charge in [0.1, 0.15) is 0 Å². The zero-order valence-corrected chi connectivity index (χ0v) is 50.7. The van der Waals surface area contributed by atoms with Crippen molar-refractivity contribution < 1.29 is 0 Å². The first kappa shape index (κ1) is 55.3. The molecule has 0 atom stereocenters. The topological polar surface area (TPSA) is 110 Å². The summed E-state index contributed by atoms with van der Waals surface area (Å²) in [7, 11) is 0. The zero-order chi connectivity index (χ0) is 63.7. The van der Waals surface area contributed by atoms with Gasteiger partial charge in [0.05, 0.1) is 75.4 Å². The van der Waals surface area contributed by atoms with E-state index in [1.807, 2.05) is 84.9 Å². The van der Waals surface area contributed by atoms with Crippen molar-refractivity contribution >= 4 is 76.8 Å². The minimum absolute atomic E-state index is 0.361. The van der Waals surface area contributed by atoms with Crippen molar-refractivity contribution in [2.24, 2.45) is 0 Å². The Bertz CT molecular complexity index is 5680. The van der Waals surface area contributed by atoms with Crippen molar-refractivity contribution in [3.63, 3.8) is 0 Å². The van der Waals surface area contributed by atoms with Crippen LogP contribution in [-0.4, -0.2) is 28.7 Å². The van der Waals surface area contributed by atoms with E-state index in [1.165, 1.54) is 0 Å². The average Bonchev–Trinajstić information content (AvgIpc) is 1.64. The van der Waals surface area contributed by atoms with Crippen molar-refractivity contribution in [2.75, 3.05) is 0 Å². The molecular formula is C85H48N10. The Morgan fingerprint density at radius 3 is 1.01 bits per heavy atom. The van der Waals surface area contributed by atoms with Gasteiger partial charge in [-0.15, -0.1) is 0 Å². The van der Waals surface area contributed by atoms with Crippen LogP contribution in [-0.2, 0) is 0 Å². The van der Waals surface area contributed by atoms with Gasteiger partial charge in [0.15, 0.2) is 28.8 Å². The molecule has 0 spiro atoms. The van der Waals surface area contributed by atoms with E-state index < -0.39 is 0 Å². The number of rotatable bonds is 10. The third kappa shape index (κ3) is 9.26. The summed E-state index contributed by atoms with van der Waals surface area (Å²) in [4.78, 5) is 23.7. The summed E-state index contributed by atoms with van der Waals surface area (Å²) in [6.07, 6.45) is 0. The SMILES string of the molecule is [C-]#[N+]c1cc(C#N)cc(-c2ccc3c(c2)c2cc(-c4cc(C#N)cc([N+]#[C-])c4)ccc2n3-c2c(-c3ccccc3-n3c4ccccc4c4ccccc43)cc(-c3nc(-c4ccccc4)nc(-c4ccccc4)n3)cc2-c2ccccc2-n2c3ccccc3c3ccccc32)c1.